The lowest BCUT2D eigenvalue weighted by Crippen LogP contribution is -2.06. The molecule has 6 heteroatoms. The molecule has 1 aromatic heterocycles. The molecule has 1 N–H and O–H groups in total. The lowest BCUT2D eigenvalue weighted by molar-refractivity contribution is 0.189. The number of aryl methyl sites for hydroxylation is 2. The van der Waals surface area contributed by atoms with Crippen LogP contribution in [0.3, 0.4) is 0 Å². The van der Waals surface area contributed by atoms with Crippen LogP contribution in [0, 0.1) is 12.7 Å². The van der Waals surface area contributed by atoms with E-state index in [1.54, 1.807) is 11.6 Å². The van der Waals surface area contributed by atoms with E-state index in [1.807, 2.05) is 14.0 Å². The summed E-state index contributed by atoms with van der Waals surface area (Å²) in [6.07, 6.45) is -0.720. The van der Waals surface area contributed by atoms with Crippen LogP contribution < -0.4 is 4.74 Å². The summed E-state index contributed by atoms with van der Waals surface area (Å²) in [5.74, 6) is -0.0598. The summed E-state index contributed by atoms with van der Waals surface area (Å²) in [4.78, 5) is 0. The fraction of sp³-hybridized carbons (Fsp3) is 0.357. The zero-order valence-corrected chi connectivity index (χ0v) is 13.1. The van der Waals surface area contributed by atoms with Crippen molar-refractivity contribution in [3.05, 3.63) is 45.4 Å². The topological polar surface area (TPSA) is 47.3 Å². The Morgan fingerprint density at radius 3 is 2.75 bits per heavy atom. The summed E-state index contributed by atoms with van der Waals surface area (Å²) in [6, 6.07) is 4.11. The number of nitrogens with zero attached hydrogens (tertiary/aromatic N) is 2. The molecule has 0 aliphatic heterocycles. The molecule has 0 fully saturated rings. The second kappa shape index (κ2) is 5.93. The zero-order valence-electron chi connectivity index (χ0n) is 11.5. The Morgan fingerprint density at radius 2 is 2.20 bits per heavy atom. The molecule has 1 atom stereocenters. The number of aliphatic hydroxyl groups excluding tert-OH is 1. The highest BCUT2D eigenvalue weighted by atomic mass is 79.9. The van der Waals surface area contributed by atoms with E-state index in [0.29, 0.717) is 11.3 Å². The first-order valence-electron chi connectivity index (χ1n) is 6.18. The minimum atomic E-state index is -0.720. The van der Waals surface area contributed by atoms with Crippen LogP contribution in [0.5, 0.6) is 5.75 Å². The van der Waals surface area contributed by atoms with Gasteiger partial charge < -0.3 is 9.84 Å². The maximum atomic E-state index is 13.3. The van der Waals surface area contributed by atoms with Gasteiger partial charge in [0, 0.05) is 18.7 Å². The third-order valence-corrected chi connectivity index (χ3v) is 4.08. The quantitative estimate of drug-likeness (QED) is 0.927. The summed E-state index contributed by atoms with van der Waals surface area (Å²) < 4.78 is 21.5. The Hall–Kier alpha value is -1.40. The maximum absolute atomic E-state index is 13.3. The maximum Gasteiger partial charge on any atom is 0.131 e. The molecular weight excluding hydrogens is 327 g/mol. The first kappa shape index (κ1) is 15.0. The van der Waals surface area contributed by atoms with Gasteiger partial charge in [0.2, 0.25) is 0 Å². The van der Waals surface area contributed by atoms with Gasteiger partial charge in [0.25, 0.3) is 0 Å². The normalized spacial score (nSPS) is 12.5. The molecule has 0 radical (unpaired) electrons. The van der Waals surface area contributed by atoms with E-state index in [4.69, 9.17) is 4.74 Å². The average molecular weight is 343 g/mol. The Morgan fingerprint density at radius 1 is 1.50 bits per heavy atom. The van der Waals surface area contributed by atoms with E-state index in [9.17, 15) is 9.50 Å². The van der Waals surface area contributed by atoms with Crippen molar-refractivity contribution in [3.8, 4) is 5.75 Å². The largest absolute Gasteiger partial charge is 0.487 e. The monoisotopic (exact) mass is 342 g/mol. The highest BCUT2D eigenvalue weighted by Crippen LogP contribution is 2.28. The Bertz CT molecular complexity index is 626. The number of ether oxygens (including phenoxy) is 1. The van der Waals surface area contributed by atoms with Crippen molar-refractivity contribution in [2.75, 3.05) is 0 Å². The van der Waals surface area contributed by atoms with Gasteiger partial charge in [-0.2, -0.15) is 5.10 Å². The Balaban J connectivity index is 2.24. The Labute approximate surface area is 125 Å². The number of benzene rings is 1. The highest BCUT2D eigenvalue weighted by Gasteiger charge is 2.14. The van der Waals surface area contributed by atoms with Gasteiger partial charge in [-0.3, -0.25) is 4.68 Å². The van der Waals surface area contributed by atoms with E-state index in [-0.39, 0.29) is 6.61 Å². The van der Waals surface area contributed by atoms with Crippen LogP contribution in [0.25, 0.3) is 0 Å². The van der Waals surface area contributed by atoms with Crippen molar-refractivity contribution in [3.63, 3.8) is 0 Å². The third-order valence-electron chi connectivity index (χ3n) is 3.05. The molecule has 108 valence electrons. The van der Waals surface area contributed by atoms with Crippen LogP contribution in [0.1, 0.15) is 30.0 Å². The standard InChI is InChI=1S/C14H16BrFN2O2/c1-8-14(15)12(18(3)17-8)7-20-13-6-10(16)4-5-11(13)9(2)19/h4-6,9,19H,7H2,1-3H3. The number of halogens is 2. The summed E-state index contributed by atoms with van der Waals surface area (Å²) in [7, 11) is 1.82. The molecule has 1 unspecified atom stereocenters. The van der Waals surface area contributed by atoms with Gasteiger partial charge in [0.05, 0.1) is 22.0 Å². The summed E-state index contributed by atoms with van der Waals surface area (Å²) >= 11 is 3.45. The molecular formula is C14H16BrFN2O2. The third kappa shape index (κ3) is 3.02. The number of rotatable bonds is 4. The number of hydrogen-bond donors (Lipinski definition) is 1. The van der Waals surface area contributed by atoms with Crippen LogP contribution in [0.15, 0.2) is 22.7 Å². The minimum Gasteiger partial charge on any atom is -0.487 e. The summed E-state index contributed by atoms with van der Waals surface area (Å²) in [5.41, 5.74) is 2.27. The first-order chi connectivity index (χ1) is 9.40. The molecule has 0 bridgehead atoms. The molecule has 1 aromatic carbocycles. The molecule has 1 heterocycles. The second-order valence-corrected chi connectivity index (χ2v) is 5.41. The van der Waals surface area contributed by atoms with Gasteiger partial charge in [0.1, 0.15) is 18.2 Å². The zero-order chi connectivity index (χ0) is 14.9. The molecule has 4 nitrogen and oxygen atoms in total. The van der Waals surface area contributed by atoms with Crippen molar-refractivity contribution in [2.45, 2.75) is 26.6 Å². The molecule has 0 saturated carbocycles. The molecule has 0 aliphatic carbocycles. The smallest absolute Gasteiger partial charge is 0.131 e. The van der Waals surface area contributed by atoms with Gasteiger partial charge in [0.15, 0.2) is 0 Å². The van der Waals surface area contributed by atoms with E-state index in [2.05, 4.69) is 21.0 Å². The van der Waals surface area contributed by atoms with Crippen molar-refractivity contribution in [2.24, 2.45) is 7.05 Å². The van der Waals surface area contributed by atoms with E-state index >= 15 is 0 Å². The fourth-order valence-electron chi connectivity index (χ4n) is 1.96. The predicted octanol–water partition coefficient (Wildman–Crippen LogP) is 3.26. The van der Waals surface area contributed by atoms with Crippen molar-refractivity contribution < 1.29 is 14.2 Å². The lowest BCUT2D eigenvalue weighted by Gasteiger charge is -2.14. The van der Waals surface area contributed by atoms with Crippen LogP contribution in [-0.4, -0.2) is 14.9 Å². The minimum absolute atomic E-state index is 0.237. The molecule has 2 aromatic rings. The fourth-order valence-corrected chi connectivity index (χ4v) is 2.41. The predicted molar refractivity (Wildman–Crippen MR) is 77.0 cm³/mol. The number of aliphatic hydroxyl groups is 1. The second-order valence-electron chi connectivity index (χ2n) is 4.62. The van der Waals surface area contributed by atoms with Gasteiger partial charge in [-0.1, -0.05) is 0 Å². The van der Waals surface area contributed by atoms with E-state index in [0.717, 1.165) is 15.9 Å². The van der Waals surface area contributed by atoms with E-state index in [1.165, 1.54) is 18.2 Å². The molecule has 0 saturated heterocycles. The number of aromatic nitrogens is 2. The molecule has 0 amide bonds. The Kier molecular flexibility index (Phi) is 4.45. The number of hydrogen-bond acceptors (Lipinski definition) is 3. The summed E-state index contributed by atoms with van der Waals surface area (Å²) in [5, 5.41) is 13.9. The van der Waals surface area contributed by atoms with Gasteiger partial charge >= 0.3 is 0 Å². The van der Waals surface area contributed by atoms with Gasteiger partial charge in [-0.05, 0) is 41.9 Å². The first-order valence-corrected chi connectivity index (χ1v) is 6.97. The van der Waals surface area contributed by atoms with Crippen LogP contribution in [0.2, 0.25) is 0 Å². The molecule has 2 rings (SSSR count). The highest BCUT2D eigenvalue weighted by molar-refractivity contribution is 9.10. The van der Waals surface area contributed by atoms with Gasteiger partial charge in [-0.25, -0.2) is 4.39 Å². The SMILES string of the molecule is Cc1nn(C)c(COc2cc(F)ccc2C(C)O)c1Br. The molecule has 0 aliphatic rings. The van der Waals surface area contributed by atoms with Crippen molar-refractivity contribution in [1.82, 2.24) is 9.78 Å². The van der Waals surface area contributed by atoms with Crippen molar-refractivity contribution >= 4 is 15.9 Å². The molecule has 20 heavy (non-hydrogen) atoms. The van der Waals surface area contributed by atoms with Gasteiger partial charge in [-0.15, -0.1) is 0 Å². The van der Waals surface area contributed by atoms with Crippen LogP contribution in [0.4, 0.5) is 4.39 Å². The average Bonchev–Trinajstić information content (AvgIpc) is 2.61. The van der Waals surface area contributed by atoms with Crippen molar-refractivity contribution in [1.29, 1.82) is 0 Å². The van der Waals surface area contributed by atoms with E-state index < -0.39 is 11.9 Å². The van der Waals surface area contributed by atoms with Crippen LogP contribution in [-0.2, 0) is 13.7 Å². The van der Waals surface area contributed by atoms with Crippen LogP contribution >= 0.6 is 15.9 Å². The summed E-state index contributed by atoms with van der Waals surface area (Å²) in [6.45, 7) is 3.74. The molecule has 0 spiro atoms. The lowest BCUT2D eigenvalue weighted by atomic mass is 10.1.